The molecular formula is C21H23N3OS. The zero-order valence-corrected chi connectivity index (χ0v) is 16.1. The summed E-state index contributed by atoms with van der Waals surface area (Å²) in [5.41, 5.74) is 4.47. The lowest BCUT2D eigenvalue weighted by atomic mass is 10.1. The van der Waals surface area contributed by atoms with Crippen molar-refractivity contribution >= 4 is 32.6 Å². The molecule has 4 nitrogen and oxygen atoms in total. The van der Waals surface area contributed by atoms with Crippen LogP contribution < -0.4 is 4.90 Å². The van der Waals surface area contributed by atoms with Gasteiger partial charge in [-0.2, -0.15) is 0 Å². The third-order valence-electron chi connectivity index (χ3n) is 5.34. The molecule has 1 aromatic carbocycles. The Morgan fingerprint density at radius 2 is 2.04 bits per heavy atom. The Morgan fingerprint density at radius 3 is 2.77 bits per heavy atom. The van der Waals surface area contributed by atoms with Crippen LogP contribution in [0, 0.1) is 19.8 Å². The molecule has 2 aromatic heterocycles. The molecule has 1 aliphatic carbocycles. The summed E-state index contributed by atoms with van der Waals surface area (Å²) in [4.78, 5) is 24.2. The van der Waals surface area contributed by atoms with Crippen molar-refractivity contribution in [2.75, 3.05) is 4.90 Å². The van der Waals surface area contributed by atoms with Crippen molar-refractivity contribution in [3.63, 3.8) is 0 Å². The van der Waals surface area contributed by atoms with Crippen LogP contribution in [0.4, 0.5) is 5.13 Å². The molecule has 0 saturated heterocycles. The van der Waals surface area contributed by atoms with E-state index in [1.165, 1.54) is 11.1 Å². The number of hydrogen-bond donors (Lipinski definition) is 0. The molecule has 0 atom stereocenters. The van der Waals surface area contributed by atoms with Gasteiger partial charge in [0.2, 0.25) is 5.91 Å². The highest BCUT2D eigenvalue weighted by molar-refractivity contribution is 7.22. The van der Waals surface area contributed by atoms with Gasteiger partial charge in [0, 0.05) is 18.3 Å². The third kappa shape index (κ3) is 3.23. The number of rotatable bonds is 4. The van der Waals surface area contributed by atoms with Crippen molar-refractivity contribution in [3.8, 4) is 0 Å². The van der Waals surface area contributed by atoms with Gasteiger partial charge in [0.15, 0.2) is 5.13 Å². The minimum Gasteiger partial charge on any atom is -0.283 e. The van der Waals surface area contributed by atoms with Crippen molar-refractivity contribution < 1.29 is 4.79 Å². The van der Waals surface area contributed by atoms with Crippen LogP contribution in [0.15, 0.2) is 36.7 Å². The van der Waals surface area contributed by atoms with Crippen molar-refractivity contribution in [1.29, 1.82) is 0 Å². The fraction of sp³-hybridized carbons (Fsp3) is 0.381. The SMILES string of the molecule is Cc1ccc2sc(N(Cc3cccnc3)C(=O)C3CCCC3)nc2c1C. The lowest BCUT2D eigenvalue weighted by Crippen LogP contribution is -2.34. The standard InChI is InChI=1S/C21H23N3OS/c1-14-9-10-18-19(15(14)2)23-21(26-18)24(13-16-6-5-11-22-12-16)20(25)17-7-3-4-8-17/h5-6,9-12,17H,3-4,7-8,13H2,1-2H3. The first kappa shape index (κ1) is 17.2. The number of fused-ring (bicyclic) bond motifs is 1. The van der Waals surface area contributed by atoms with Crippen LogP contribution in [0.1, 0.15) is 42.4 Å². The van der Waals surface area contributed by atoms with E-state index in [0.29, 0.717) is 6.54 Å². The zero-order chi connectivity index (χ0) is 18.1. The van der Waals surface area contributed by atoms with Crippen LogP contribution in [0.5, 0.6) is 0 Å². The quantitative estimate of drug-likeness (QED) is 0.651. The van der Waals surface area contributed by atoms with E-state index in [-0.39, 0.29) is 11.8 Å². The normalized spacial score (nSPS) is 14.8. The molecule has 26 heavy (non-hydrogen) atoms. The van der Waals surface area contributed by atoms with Gasteiger partial charge >= 0.3 is 0 Å². The molecule has 2 heterocycles. The minimum absolute atomic E-state index is 0.126. The molecule has 0 bridgehead atoms. The van der Waals surface area contributed by atoms with Crippen LogP contribution in [0.3, 0.4) is 0 Å². The predicted molar refractivity (Wildman–Crippen MR) is 106 cm³/mol. The number of hydrogen-bond acceptors (Lipinski definition) is 4. The molecule has 1 fully saturated rings. The van der Waals surface area contributed by atoms with Gasteiger partial charge in [-0.15, -0.1) is 0 Å². The molecule has 1 aliphatic rings. The minimum atomic E-state index is 0.126. The zero-order valence-electron chi connectivity index (χ0n) is 15.2. The lowest BCUT2D eigenvalue weighted by molar-refractivity contribution is -0.122. The average Bonchev–Trinajstić information content (AvgIpc) is 3.33. The second kappa shape index (κ2) is 7.16. The molecular weight excluding hydrogens is 342 g/mol. The Balaban J connectivity index is 1.74. The number of aryl methyl sites for hydroxylation is 2. The molecule has 0 radical (unpaired) electrons. The van der Waals surface area contributed by atoms with Crippen molar-refractivity contribution in [1.82, 2.24) is 9.97 Å². The average molecular weight is 366 g/mol. The number of carbonyl (C=O) groups excluding carboxylic acids is 1. The monoisotopic (exact) mass is 365 g/mol. The van der Waals surface area contributed by atoms with Crippen LogP contribution >= 0.6 is 11.3 Å². The van der Waals surface area contributed by atoms with E-state index in [9.17, 15) is 4.79 Å². The number of thiazole rings is 1. The maximum Gasteiger partial charge on any atom is 0.232 e. The van der Waals surface area contributed by atoms with Gasteiger partial charge in [-0.3, -0.25) is 14.7 Å². The molecule has 1 amide bonds. The smallest absolute Gasteiger partial charge is 0.232 e. The Hall–Kier alpha value is -2.27. The van der Waals surface area contributed by atoms with Crippen LogP contribution in [-0.2, 0) is 11.3 Å². The Kier molecular flexibility index (Phi) is 4.72. The molecule has 0 aliphatic heterocycles. The van der Waals surface area contributed by atoms with Gasteiger partial charge in [0.1, 0.15) is 0 Å². The fourth-order valence-electron chi connectivity index (χ4n) is 3.64. The van der Waals surface area contributed by atoms with E-state index in [4.69, 9.17) is 4.98 Å². The van der Waals surface area contributed by atoms with Gasteiger partial charge < -0.3 is 0 Å². The van der Waals surface area contributed by atoms with Gasteiger partial charge in [-0.05, 0) is 55.5 Å². The van der Waals surface area contributed by atoms with Crippen molar-refractivity contribution in [2.24, 2.45) is 5.92 Å². The molecule has 3 aromatic rings. The summed E-state index contributed by atoms with van der Waals surface area (Å²) < 4.78 is 1.14. The summed E-state index contributed by atoms with van der Waals surface area (Å²) in [6.45, 7) is 4.73. The van der Waals surface area contributed by atoms with E-state index >= 15 is 0 Å². The number of benzene rings is 1. The Bertz CT molecular complexity index is 929. The van der Waals surface area contributed by atoms with E-state index in [2.05, 4.69) is 31.0 Å². The van der Waals surface area contributed by atoms with Crippen molar-refractivity contribution in [3.05, 3.63) is 53.3 Å². The van der Waals surface area contributed by atoms with Gasteiger partial charge in [-0.25, -0.2) is 4.98 Å². The van der Waals surface area contributed by atoms with Crippen LogP contribution in [0.25, 0.3) is 10.2 Å². The number of carbonyl (C=O) groups is 1. The molecule has 0 spiro atoms. The van der Waals surface area contributed by atoms with Crippen LogP contribution in [0.2, 0.25) is 0 Å². The number of nitrogens with zero attached hydrogens (tertiary/aromatic N) is 3. The molecule has 0 unspecified atom stereocenters. The Labute approximate surface area is 157 Å². The topological polar surface area (TPSA) is 46.1 Å². The maximum absolute atomic E-state index is 13.3. The summed E-state index contributed by atoms with van der Waals surface area (Å²) in [5, 5.41) is 0.800. The Morgan fingerprint density at radius 1 is 1.23 bits per heavy atom. The van der Waals surface area contributed by atoms with E-state index in [0.717, 1.165) is 46.6 Å². The van der Waals surface area contributed by atoms with Gasteiger partial charge in [-0.1, -0.05) is 36.3 Å². The van der Waals surface area contributed by atoms with Gasteiger partial charge in [0.25, 0.3) is 0 Å². The highest BCUT2D eigenvalue weighted by atomic mass is 32.1. The second-order valence-corrected chi connectivity index (χ2v) is 8.13. The largest absolute Gasteiger partial charge is 0.283 e. The number of amides is 1. The van der Waals surface area contributed by atoms with Crippen molar-refractivity contribution in [2.45, 2.75) is 46.1 Å². The molecule has 0 N–H and O–H groups in total. The highest BCUT2D eigenvalue weighted by Gasteiger charge is 2.30. The second-order valence-electron chi connectivity index (χ2n) is 7.12. The predicted octanol–water partition coefficient (Wildman–Crippen LogP) is 5.03. The van der Waals surface area contributed by atoms with E-state index in [1.54, 1.807) is 17.5 Å². The number of pyridine rings is 1. The first-order valence-corrected chi connectivity index (χ1v) is 10.0. The first-order valence-electron chi connectivity index (χ1n) is 9.20. The summed E-state index contributed by atoms with van der Waals surface area (Å²) in [5.74, 6) is 0.335. The molecule has 1 saturated carbocycles. The summed E-state index contributed by atoms with van der Waals surface area (Å²) in [6, 6.07) is 8.18. The van der Waals surface area contributed by atoms with Gasteiger partial charge in [0.05, 0.1) is 16.8 Å². The van der Waals surface area contributed by atoms with Crippen LogP contribution in [-0.4, -0.2) is 15.9 Å². The highest BCUT2D eigenvalue weighted by Crippen LogP contribution is 2.35. The molecule has 4 rings (SSSR count). The van der Waals surface area contributed by atoms with E-state index < -0.39 is 0 Å². The number of aromatic nitrogens is 2. The first-order chi connectivity index (χ1) is 12.6. The summed E-state index contributed by atoms with van der Waals surface area (Å²) in [7, 11) is 0. The third-order valence-corrected chi connectivity index (χ3v) is 6.38. The molecule has 134 valence electrons. The maximum atomic E-state index is 13.3. The number of anilines is 1. The fourth-order valence-corrected chi connectivity index (χ4v) is 4.67. The lowest BCUT2D eigenvalue weighted by Gasteiger charge is -2.23. The summed E-state index contributed by atoms with van der Waals surface area (Å²) in [6.07, 6.45) is 7.87. The summed E-state index contributed by atoms with van der Waals surface area (Å²) >= 11 is 1.61. The van der Waals surface area contributed by atoms with E-state index in [1.807, 2.05) is 23.2 Å². The molecule has 5 heteroatoms.